The molecule has 6 heteroatoms. The van der Waals surface area contributed by atoms with Crippen LogP contribution in [0.4, 0.5) is 5.69 Å². The number of ether oxygens (including phenoxy) is 2. The molecule has 3 rings (SSSR count). The van der Waals surface area contributed by atoms with Crippen molar-refractivity contribution >= 4 is 11.7 Å². The van der Waals surface area contributed by atoms with E-state index in [2.05, 4.69) is 16.4 Å². The van der Waals surface area contributed by atoms with Crippen molar-refractivity contribution in [3.05, 3.63) is 78.0 Å². The van der Waals surface area contributed by atoms with E-state index < -0.39 is 0 Å². The zero-order valence-corrected chi connectivity index (χ0v) is 16.8. The molecule has 6 nitrogen and oxygen atoms in total. The average molecular weight is 392 g/mol. The van der Waals surface area contributed by atoms with Crippen LogP contribution in [0, 0.1) is 6.92 Å². The molecule has 0 fully saturated rings. The Morgan fingerprint density at radius 3 is 2.79 bits per heavy atom. The van der Waals surface area contributed by atoms with Gasteiger partial charge in [-0.1, -0.05) is 29.8 Å². The van der Waals surface area contributed by atoms with Crippen molar-refractivity contribution in [3.8, 4) is 17.1 Å². The number of carbonyl (C=O) groups is 1. The average Bonchev–Trinajstić information content (AvgIpc) is 3.22. The van der Waals surface area contributed by atoms with Crippen molar-refractivity contribution < 1.29 is 18.7 Å². The Balaban J connectivity index is 1.87. The zero-order chi connectivity index (χ0) is 20.6. The van der Waals surface area contributed by atoms with Crippen LogP contribution in [0.25, 0.3) is 11.3 Å². The van der Waals surface area contributed by atoms with Gasteiger partial charge in [0.2, 0.25) is 0 Å². The molecular formula is C23H24N2O4. The predicted octanol–water partition coefficient (Wildman–Crippen LogP) is 4.76. The zero-order valence-electron chi connectivity index (χ0n) is 16.8. The summed E-state index contributed by atoms with van der Waals surface area (Å²) in [6.07, 6.45) is 5.06. The molecule has 0 spiro atoms. The van der Waals surface area contributed by atoms with E-state index >= 15 is 0 Å². The number of nitrogens with zero attached hydrogens (tertiary/aromatic N) is 1. The van der Waals surface area contributed by atoms with Crippen LogP contribution in [0.3, 0.4) is 0 Å². The fourth-order valence-corrected chi connectivity index (χ4v) is 3.01. The van der Waals surface area contributed by atoms with Crippen LogP contribution >= 0.6 is 0 Å². The molecule has 29 heavy (non-hydrogen) atoms. The second-order valence-corrected chi connectivity index (χ2v) is 6.49. The molecule has 0 atom stereocenters. The number of carbonyl (C=O) groups excluding carboxylic acids is 1. The third-order valence-electron chi connectivity index (χ3n) is 4.26. The van der Waals surface area contributed by atoms with E-state index in [4.69, 9.17) is 13.9 Å². The van der Waals surface area contributed by atoms with Gasteiger partial charge in [-0.05, 0) is 31.5 Å². The number of esters is 1. The minimum absolute atomic E-state index is 0.326. The van der Waals surface area contributed by atoms with Crippen LogP contribution in [-0.4, -0.2) is 24.7 Å². The smallest absolute Gasteiger partial charge is 0.332 e. The van der Waals surface area contributed by atoms with E-state index in [1.54, 1.807) is 20.2 Å². The van der Waals surface area contributed by atoms with Crippen molar-refractivity contribution in [2.45, 2.75) is 20.3 Å². The minimum Gasteiger partial charge on any atom is -0.496 e. The molecule has 0 aliphatic heterocycles. The maximum atomic E-state index is 12.1. The Kier molecular flexibility index (Phi) is 6.68. The molecule has 150 valence electrons. The summed E-state index contributed by atoms with van der Waals surface area (Å²) in [7, 11) is 1.60. The molecule has 0 bridgehead atoms. The van der Waals surface area contributed by atoms with Crippen molar-refractivity contribution in [1.82, 2.24) is 4.98 Å². The van der Waals surface area contributed by atoms with Crippen molar-refractivity contribution in [2.75, 3.05) is 19.0 Å². The van der Waals surface area contributed by atoms with Gasteiger partial charge in [0, 0.05) is 29.9 Å². The Morgan fingerprint density at radius 2 is 2.10 bits per heavy atom. The Bertz CT molecular complexity index is 994. The summed E-state index contributed by atoms with van der Waals surface area (Å²) < 4.78 is 16.0. The van der Waals surface area contributed by atoms with E-state index in [1.807, 2.05) is 43.3 Å². The standard InChI is InChI=1S/C23H24N2O4/c1-4-28-23(26)13-19(11-17-7-5-6-16(2)10-17)25-18-8-9-20(21(12-18)27-3)22-14-24-15-29-22/h5-10,12-15,25H,4,11H2,1-3H3. The van der Waals surface area contributed by atoms with E-state index in [0.29, 0.717) is 24.5 Å². The molecule has 0 saturated heterocycles. The topological polar surface area (TPSA) is 73.6 Å². The summed E-state index contributed by atoms with van der Waals surface area (Å²) in [5, 5.41) is 3.32. The largest absolute Gasteiger partial charge is 0.496 e. The molecule has 0 amide bonds. The van der Waals surface area contributed by atoms with Gasteiger partial charge >= 0.3 is 5.97 Å². The monoisotopic (exact) mass is 392 g/mol. The number of oxazole rings is 1. The highest BCUT2D eigenvalue weighted by molar-refractivity contribution is 5.83. The van der Waals surface area contributed by atoms with Gasteiger partial charge in [-0.2, -0.15) is 0 Å². The first-order valence-corrected chi connectivity index (χ1v) is 9.36. The summed E-state index contributed by atoms with van der Waals surface area (Å²) in [6.45, 7) is 4.15. The van der Waals surface area contributed by atoms with Gasteiger partial charge in [0.1, 0.15) is 5.75 Å². The van der Waals surface area contributed by atoms with Gasteiger partial charge in [-0.3, -0.25) is 0 Å². The third kappa shape index (κ3) is 5.48. The van der Waals surface area contributed by atoms with Crippen molar-refractivity contribution in [1.29, 1.82) is 0 Å². The SMILES string of the molecule is CCOC(=O)C=C(Cc1cccc(C)c1)Nc1ccc(-c2cnco2)c(OC)c1. The normalized spacial score (nSPS) is 11.2. The molecule has 0 unspecified atom stereocenters. The second kappa shape index (κ2) is 9.59. The summed E-state index contributed by atoms with van der Waals surface area (Å²) in [5.41, 5.74) is 4.57. The van der Waals surface area contributed by atoms with Gasteiger partial charge in [-0.15, -0.1) is 0 Å². The third-order valence-corrected chi connectivity index (χ3v) is 4.26. The lowest BCUT2D eigenvalue weighted by Crippen LogP contribution is -2.09. The molecule has 1 heterocycles. The summed E-state index contributed by atoms with van der Waals surface area (Å²) in [4.78, 5) is 16.0. The first-order valence-electron chi connectivity index (χ1n) is 9.36. The number of rotatable bonds is 8. The van der Waals surface area contributed by atoms with Crippen molar-refractivity contribution in [3.63, 3.8) is 0 Å². The van der Waals surface area contributed by atoms with Crippen molar-refractivity contribution in [2.24, 2.45) is 0 Å². The highest BCUT2D eigenvalue weighted by Crippen LogP contribution is 2.32. The molecule has 1 aromatic heterocycles. The Labute approximate surface area is 170 Å². The Hall–Kier alpha value is -3.54. The minimum atomic E-state index is -0.382. The summed E-state index contributed by atoms with van der Waals surface area (Å²) in [5.74, 6) is 0.876. The van der Waals surface area contributed by atoms with Crippen LogP contribution < -0.4 is 10.1 Å². The number of benzene rings is 2. The Morgan fingerprint density at radius 1 is 1.24 bits per heavy atom. The number of hydrogen-bond acceptors (Lipinski definition) is 6. The lowest BCUT2D eigenvalue weighted by Gasteiger charge is -2.14. The van der Waals surface area contributed by atoms with Crippen LogP contribution in [-0.2, 0) is 16.0 Å². The highest BCUT2D eigenvalue weighted by atomic mass is 16.5. The maximum absolute atomic E-state index is 12.1. The summed E-state index contributed by atoms with van der Waals surface area (Å²) in [6, 6.07) is 13.8. The lowest BCUT2D eigenvalue weighted by molar-refractivity contribution is -0.137. The van der Waals surface area contributed by atoms with Crippen LogP contribution in [0.1, 0.15) is 18.1 Å². The van der Waals surface area contributed by atoms with E-state index in [9.17, 15) is 4.79 Å². The van der Waals surface area contributed by atoms with Gasteiger partial charge in [0.05, 0.1) is 25.5 Å². The first-order chi connectivity index (χ1) is 14.1. The number of hydrogen-bond donors (Lipinski definition) is 1. The number of methoxy groups -OCH3 is 1. The van der Waals surface area contributed by atoms with Gasteiger partial charge in [0.25, 0.3) is 0 Å². The van der Waals surface area contributed by atoms with Gasteiger partial charge in [0.15, 0.2) is 12.2 Å². The first kappa shape index (κ1) is 20.2. The molecule has 0 aliphatic carbocycles. The van der Waals surface area contributed by atoms with Crippen LogP contribution in [0.15, 0.2) is 71.2 Å². The molecular weight excluding hydrogens is 368 g/mol. The van der Waals surface area contributed by atoms with Crippen LogP contribution in [0.2, 0.25) is 0 Å². The number of nitrogens with one attached hydrogen (secondary N) is 1. The molecule has 2 aromatic carbocycles. The molecule has 3 aromatic rings. The van der Waals surface area contributed by atoms with Gasteiger partial charge < -0.3 is 19.2 Å². The number of aryl methyl sites for hydroxylation is 1. The number of allylic oxidation sites excluding steroid dienone is 1. The lowest BCUT2D eigenvalue weighted by atomic mass is 10.1. The number of anilines is 1. The second-order valence-electron chi connectivity index (χ2n) is 6.49. The molecule has 0 saturated carbocycles. The van der Waals surface area contributed by atoms with E-state index in [1.165, 1.54) is 12.5 Å². The highest BCUT2D eigenvalue weighted by Gasteiger charge is 2.12. The van der Waals surface area contributed by atoms with E-state index in [0.717, 1.165) is 28.1 Å². The fourth-order valence-electron chi connectivity index (χ4n) is 3.01. The fraction of sp³-hybridized carbons (Fsp3) is 0.217. The van der Waals surface area contributed by atoms with Crippen LogP contribution in [0.5, 0.6) is 5.75 Å². The molecule has 0 aliphatic rings. The predicted molar refractivity (Wildman–Crippen MR) is 112 cm³/mol. The quantitative estimate of drug-likeness (QED) is 0.440. The van der Waals surface area contributed by atoms with Gasteiger partial charge in [-0.25, -0.2) is 9.78 Å². The molecule has 1 N–H and O–H groups in total. The van der Waals surface area contributed by atoms with E-state index in [-0.39, 0.29) is 5.97 Å². The maximum Gasteiger partial charge on any atom is 0.332 e. The number of aromatic nitrogens is 1. The molecule has 0 radical (unpaired) electrons. The summed E-state index contributed by atoms with van der Waals surface area (Å²) >= 11 is 0.